The predicted octanol–water partition coefficient (Wildman–Crippen LogP) is 4.25. The summed E-state index contributed by atoms with van der Waals surface area (Å²) < 4.78 is 26.1. The number of rotatable bonds is 10. The summed E-state index contributed by atoms with van der Waals surface area (Å²) in [6.45, 7) is 3.75. The lowest BCUT2D eigenvalue weighted by molar-refractivity contribution is -0.000393. The maximum absolute atomic E-state index is 12.5. The van der Waals surface area contributed by atoms with Gasteiger partial charge in [-0.05, 0) is 77.2 Å². The second kappa shape index (κ2) is 10.2. The second-order valence-corrected chi connectivity index (χ2v) is 13.9. The van der Waals surface area contributed by atoms with Gasteiger partial charge >= 0.3 is 0 Å². The van der Waals surface area contributed by atoms with Crippen LogP contribution in [0.4, 0.5) is 17.3 Å². The summed E-state index contributed by atoms with van der Waals surface area (Å²) in [6.07, 6.45) is 12.4. The van der Waals surface area contributed by atoms with E-state index < -0.39 is 15.6 Å². The Labute approximate surface area is 233 Å². The van der Waals surface area contributed by atoms with E-state index in [-0.39, 0.29) is 23.1 Å². The summed E-state index contributed by atoms with van der Waals surface area (Å²) in [5.74, 6) is 1.93. The first-order chi connectivity index (χ1) is 19.1. The van der Waals surface area contributed by atoms with Crippen molar-refractivity contribution in [2.75, 3.05) is 10.6 Å². The third-order valence-electron chi connectivity index (χ3n) is 8.19. The smallest absolute Gasteiger partial charge is 0.256 e. The van der Waals surface area contributed by atoms with Crippen molar-refractivity contribution < 1.29 is 18.3 Å². The normalized spacial score (nSPS) is 21.7. The van der Waals surface area contributed by atoms with Crippen molar-refractivity contribution in [1.82, 2.24) is 24.1 Å². The van der Waals surface area contributed by atoms with Crippen LogP contribution in [0.5, 0.6) is 0 Å². The van der Waals surface area contributed by atoms with Crippen molar-refractivity contribution in [3.05, 3.63) is 42.0 Å². The quantitative estimate of drug-likeness (QED) is 0.304. The summed E-state index contributed by atoms with van der Waals surface area (Å²) >= 11 is 0. The topological polar surface area (TPSA) is 152 Å². The third kappa shape index (κ3) is 5.60. The molecule has 3 heterocycles. The molecule has 3 aliphatic rings. The zero-order valence-corrected chi connectivity index (χ0v) is 23.6. The summed E-state index contributed by atoms with van der Waals surface area (Å²) in [7, 11) is -3.48. The van der Waals surface area contributed by atoms with Crippen molar-refractivity contribution in [2.24, 2.45) is 5.92 Å². The van der Waals surface area contributed by atoms with E-state index in [0.717, 1.165) is 60.3 Å². The molecule has 11 nitrogen and oxygen atoms in total. The van der Waals surface area contributed by atoms with Crippen molar-refractivity contribution in [3.8, 4) is 11.4 Å². The molecule has 0 unspecified atom stereocenters. The molecule has 212 valence electrons. The third-order valence-corrected chi connectivity index (χ3v) is 10.2. The Morgan fingerprint density at radius 1 is 1.05 bits per heavy atom. The fraction of sp³-hybridized carbons (Fsp3) is 0.536. The van der Waals surface area contributed by atoms with E-state index in [1.807, 2.05) is 19.9 Å². The Morgan fingerprint density at radius 2 is 1.80 bits per heavy atom. The minimum absolute atomic E-state index is 0.203. The Hall–Kier alpha value is -3.38. The number of aromatic nitrogens is 5. The highest BCUT2D eigenvalue weighted by atomic mass is 32.2. The van der Waals surface area contributed by atoms with E-state index >= 15 is 0 Å². The molecule has 0 atom stereocenters. The SMILES string of the molecule is CC(C)(O)C1CCC(Nc2cc(Nc3ccnc(-c4cnn(S(=O)(=O)C5CC5)c4)n3)nc(C3CC3)c2C=O)CC1. The van der Waals surface area contributed by atoms with Gasteiger partial charge in [-0.2, -0.15) is 9.19 Å². The van der Waals surface area contributed by atoms with Crippen LogP contribution in [0.25, 0.3) is 11.4 Å². The number of pyridine rings is 1. The van der Waals surface area contributed by atoms with E-state index in [1.54, 1.807) is 12.3 Å². The van der Waals surface area contributed by atoms with Crippen molar-refractivity contribution in [2.45, 2.75) is 88.0 Å². The monoisotopic (exact) mass is 565 g/mol. The molecular weight excluding hydrogens is 530 g/mol. The molecule has 3 aromatic heterocycles. The van der Waals surface area contributed by atoms with Gasteiger partial charge in [0.1, 0.15) is 11.6 Å². The highest BCUT2D eigenvalue weighted by Gasteiger charge is 2.38. The Bertz CT molecular complexity index is 1520. The molecule has 6 rings (SSSR count). The Morgan fingerprint density at radius 3 is 2.45 bits per heavy atom. The number of hydrogen-bond acceptors (Lipinski definition) is 10. The number of aldehydes is 1. The lowest BCUT2D eigenvalue weighted by Crippen LogP contribution is -2.37. The van der Waals surface area contributed by atoms with Gasteiger partial charge in [-0.3, -0.25) is 4.79 Å². The molecule has 40 heavy (non-hydrogen) atoms. The molecule has 12 heteroatoms. The van der Waals surface area contributed by atoms with E-state index in [1.165, 1.54) is 12.4 Å². The minimum Gasteiger partial charge on any atom is -0.390 e. The summed E-state index contributed by atoms with van der Waals surface area (Å²) in [6, 6.07) is 3.76. The summed E-state index contributed by atoms with van der Waals surface area (Å²) in [5, 5.41) is 20.9. The van der Waals surface area contributed by atoms with E-state index in [2.05, 4.69) is 25.7 Å². The van der Waals surface area contributed by atoms with Crippen LogP contribution in [0, 0.1) is 5.92 Å². The van der Waals surface area contributed by atoms with Crippen LogP contribution in [-0.4, -0.2) is 60.8 Å². The molecule has 3 saturated carbocycles. The van der Waals surface area contributed by atoms with Crippen molar-refractivity contribution >= 4 is 33.6 Å². The first kappa shape index (κ1) is 26.8. The van der Waals surface area contributed by atoms with Crippen LogP contribution in [0.2, 0.25) is 0 Å². The molecule has 0 spiro atoms. The zero-order chi connectivity index (χ0) is 28.1. The number of carbonyl (C=O) groups excluding carboxylic acids is 1. The molecule has 3 fully saturated rings. The number of carbonyl (C=O) groups is 1. The van der Waals surface area contributed by atoms with E-state index in [4.69, 9.17) is 4.98 Å². The highest BCUT2D eigenvalue weighted by molar-refractivity contribution is 7.90. The van der Waals surface area contributed by atoms with Crippen LogP contribution in [-0.2, 0) is 10.0 Å². The molecule has 0 saturated heterocycles. The van der Waals surface area contributed by atoms with Gasteiger partial charge in [0.15, 0.2) is 12.1 Å². The van der Waals surface area contributed by atoms with Crippen LogP contribution in [0.3, 0.4) is 0 Å². The molecule has 3 aliphatic carbocycles. The fourth-order valence-corrected chi connectivity index (χ4v) is 6.97. The zero-order valence-electron chi connectivity index (χ0n) is 22.7. The number of anilines is 3. The van der Waals surface area contributed by atoms with E-state index in [0.29, 0.717) is 41.4 Å². The van der Waals surface area contributed by atoms with Crippen LogP contribution in [0.15, 0.2) is 30.7 Å². The summed E-state index contributed by atoms with van der Waals surface area (Å²) in [5.41, 5.74) is 1.95. The van der Waals surface area contributed by atoms with Gasteiger partial charge in [-0.1, -0.05) is 0 Å². The standard InChI is InChI=1S/C28H35N7O4S/c1-28(2,37)19-5-7-20(8-6-19)31-23-13-25(33-26(17-3-4-17)22(23)16-36)32-24-11-12-29-27(34-24)18-14-30-35(15-18)40(38,39)21-9-10-21/h11-17,19-21,37H,3-10H2,1-2H3,(H2,29,31,32,33,34). The van der Waals surface area contributed by atoms with Crippen LogP contribution in [0.1, 0.15) is 87.2 Å². The van der Waals surface area contributed by atoms with Crippen LogP contribution >= 0.6 is 0 Å². The first-order valence-electron chi connectivity index (χ1n) is 14.0. The van der Waals surface area contributed by atoms with Gasteiger partial charge in [0.2, 0.25) is 0 Å². The largest absolute Gasteiger partial charge is 0.390 e. The molecule has 3 aromatic rings. The van der Waals surface area contributed by atoms with Gasteiger partial charge in [0.05, 0.1) is 45.8 Å². The minimum atomic E-state index is -3.48. The van der Waals surface area contributed by atoms with E-state index in [9.17, 15) is 18.3 Å². The first-order valence-corrected chi connectivity index (χ1v) is 15.5. The van der Waals surface area contributed by atoms with Gasteiger partial charge < -0.3 is 15.7 Å². The molecular formula is C28H35N7O4S. The molecule has 0 radical (unpaired) electrons. The highest BCUT2D eigenvalue weighted by Crippen LogP contribution is 2.43. The number of nitrogens with zero attached hydrogens (tertiary/aromatic N) is 5. The molecule has 0 amide bonds. The molecule has 3 N–H and O–H groups in total. The Kier molecular flexibility index (Phi) is 6.86. The average molecular weight is 566 g/mol. The van der Waals surface area contributed by atoms with Gasteiger partial charge in [0, 0.05) is 24.2 Å². The number of aliphatic hydroxyl groups is 1. The Balaban J connectivity index is 1.23. The average Bonchev–Trinajstić information content (AvgIpc) is 3.86. The summed E-state index contributed by atoms with van der Waals surface area (Å²) in [4.78, 5) is 25.9. The van der Waals surface area contributed by atoms with Crippen LogP contribution < -0.4 is 10.6 Å². The maximum Gasteiger partial charge on any atom is 0.256 e. The predicted molar refractivity (Wildman–Crippen MR) is 151 cm³/mol. The number of hydrogen-bond donors (Lipinski definition) is 3. The molecule has 0 bridgehead atoms. The lowest BCUT2D eigenvalue weighted by atomic mass is 9.77. The van der Waals surface area contributed by atoms with Crippen molar-refractivity contribution in [1.29, 1.82) is 0 Å². The molecule has 0 aliphatic heterocycles. The fourth-order valence-electron chi connectivity index (χ4n) is 5.49. The maximum atomic E-state index is 12.5. The van der Waals surface area contributed by atoms with Gasteiger partial charge in [-0.15, -0.1) is 0 Å². The second-order valence-electron chi connectivity index (χ2n) is 11.8. The van der Waals surface area contributed by atoms with Gasteiger partial charge in [0.25, 0.3) is 10.0 Å². The number of nitrogens with one attached hydrogen (secondary N) is 2. The van der Waals surface area contributed by atoms with Gasteiger partial charge in [-0.25, -0.2) is 23.4 Å². The van der Waals surface area contributed by atoms with Crippen molar-refractivity contribution in [3.63, 3.8) is 0 Å². The molecule has 0 aromatic carbocycles. The lowest BCUT2D eigenvalue weighted by Gasteiger charge is -2.36.